The van der Waals surface area contributed by atoms with E-state index in [1.165, 1.54) is 6.07 Å². The number of nitrogens with zero attached hydrogens (tertiary/aromatic N) is 2. The van der Waals surface area contributed by atoms with E-state index in [2.05, 4.69) is 18.7 Å². The van der Waals surface area contributed by atoms with Crippen LogP contribution in [0.5, 0.6) is 0 Å². The Hall–Kier alpha value is -2.87. The van der Waals surface area contributed by atoms with Gasteiger partial charge in [-0.2, -0.15) is 0 Å². The standard InChI is InChI=1S/C28H42N2O6/c1-9-28(6,19-27(4,5)25(32)34-15-14-29(7)8)26(33)35-18-20-16-24(31)36-23-17-21(12-13-22(20)23)30(10-2)11-3/h12-13,16-17H,9-11,14-15,18-19H2,1-8H3. The SMILES string of the molecule is CCN(CC)c1ccc2c(COC(=O)C(C)(CC)CC(C)(C)C(=O)OCCN(C)C)cc(=O)oc2c1. The highest BCUT2D eigenvalue weighted by molar-refractivity contribution is 5.84. The summed E-state index contributed by atoms with van der Waals surface area (Å²) in [6.07, 6.45) is 0.770. The van der Waals surface area contributed by atoms with E-state index < -0.39 is 22.4 Å². The molecule has 0 N–H and O–H groups in total. The van der Waals surface area contributed by atoms with Crippen molar-refractivity contribution in [1.82, 2.24) is 4.90 Å². The zero-order valence-corrected chi connectivity index (χ0v) is 23.1. The monoisotopic (exact) mass is 502 g/mol. The molecule has 0 fully saturated rings. The van der Waals surface area contributed by atoms with Crippen molar-refractivity contribution in [2.24, 2.45) is 10.8 Å². The van der Waals surface area contributed by atoms with E-state index >= 15 is 0 Å². The largest absolute Gasteiger partial charge is 0.464 e. The molecule has 0 aliphatic heterocycles. The van der Waals surface area contributed by atoms with Crippen LogP contribution in [0.2, 0.25) is 0 Å². The zero-order valence-electron chi connectivity index (χ0n) is 23.1. The van der Waals surface area contributed by atoms with Gasteiger partial charge < -0.3 is 23.7 Å². The normalized spacial score (nSPS) is 13.5. The van der Waals surface area contributed by atoms with Gasteiger partial charge in [-0.25, -0.2) is 4.79 Å². The Kier molecular flexibility index (Phi) is 10.1. The van der Waals surface area contributed by atoms with Crippen LogP contribution in [0.4, 0.5) is 5.69 Å². The maximum Gasteiger partial charge on any atom is 0.336 e. The summed E-state index contributed by atoms with van der Waals surface area (Å²) in [5.41, 5.74) is -0.250. The number of carbonyl (C=O) groups excluding carboxylic acids is 2. The van der Waals surface area contributed by atoms with Crippen molar-refractivity contribution in [2.75, 3.05) is 45.2 Å². The summed E-state index contributed by atoms with van der Waals surface area (Å²) >= 11 is 0. The van der Waals surface area contributed by atoms with Crippen molar-refractivity contribution >= 4 is 28.6 Å². The van der Waals surface area contributed by atoms with Gasteiger partial charge in [0.25, 0.3) is 0 Å². The summed E-state index contributed by atoms with van der Waals surface area (Å²) in [5.74, 6) is -0.757. The quantitative estimate of drug-likeness (QED) is 0.290. The third-order valence-electron chi connectivity index (χ3n) is 6.73. The minimum atomic E-state index is -0.894. The molecule has 0 amide bonds. The fraction of sp³-hybridized carbons (Fsp3) is 0.607. The highest BCUT2D eigenvalue weighted by Crippen LogP contribution is 2.39. The fourth-order valence-electron chi connectivity index (χ4n) is 4.35. The van der Waals surface area contributed by atoms with Crippen LogP contribution in [0.1, 0.15) is 59.9 Å². The molecule has 0 saturated heterocycles. The predicted octanol–water partition coefficient (Wildman–Crippen LogP) is 4.62. The van der Waals surface area contributed by atoms with Gasteiger partial charge in [0.1, 0.15) is 18.8 Å². The lowest BCUT2D eigenvalue weighted by molar-refractivity contribution is -0.164. The molecule has 2 rings (SSSR count). The smallest absolute Gasteiger partial charge is 0.336 e. The molecule has 1 unspecified atom stereocenters. The van der Waals surface area contributed by atoms with Crippen molar-refractivity contribution in [3.8, 4) is 0 Å². The second-order valence-electron chi connectivity index (χ2n) is 10.4. The van der Waals surface area contributed by atoms with Gasteiger partial charge in [0, 0.05) is 48.4 Å². The minimum absolute atomic E-state index is 0.0607. The average Bonchev–Trinajstić information content (AvgIpc) is 2.82. The van der Waals surface area contributed by atoms with E-state index in [0.29, 0.717) is 30.7 Å². The predicted molar refractivity (Wildman–Crippen MR) is 142 cm³/mol. The Morgan fingerprint density at radius 1 is 0.972 bits per heavy atom. The Morgan fingerprint density at radius 3 is 2.22 bits per heavy atom. The number of hydrogen-bond donors (Lipinski definition) is 0. The molecule has 0 radical (unpaired) electrons. The van der Waals surface area contributed by atoms with Crippen molar-refractivity contribution in [3.05, 3.63) is 40.2 Å². The maximum absolute atomic E-state index is 13.2. The molecule has 8 heteroatoms. The molecule has 1 heterocycles. The molecule has 8 nitrogen and oxygen atoms in total. The van der Waals surface area contributed by atoms with E-state index in [4.69, 9.17) is 13.9 Å². The van der Waals surface area contributed by atoms with Gasteiger partial charge in [0.2, 0.25) is 0 Å². The van der Waals surface area contributed by atoms with Gasteiger partial charge in [0.15, 0.2) is 0 Å². The van der Waals surface area contributed by atoms with Crippen LogP contribution in [0, 0.1) is 10.8 Å². The van der Waals surface area contributed by atoms with E-state index in [9.17, 15) is 14.4 Å². The van der Waals surface area contributed by atoms with Gasteiger partial charge >= 0.3 is 17.6 Å². The molecule has 0 bridgehead atoms. The van der Waals surface area contributed by atoms with Crippen LogP contribution >= 0.6 is 0 Å². The second-order valence-corrected chi connectivity index (χ2v) is 10.4. The zero-order chi connectivity index (χ0) is 27.1. The molecule has 36 heavy (non-hydrogen) atoms. The Bertz CT molecular complexity index is 1100. The first kappa shape index (κ1) is 29.4. The molecule has 200 valence electrons. The number of ether oxygens (including phenoxy) is 2. The summed E-state index contributed by atoms with van der Waals surface area (Å²) < 4.78 is 16.6. The summed E-state index contributed by atoms with van der Waals surface area (Å²) in [5, 5.41) is 0.723. The summed E-state index contributed by atoms with van der Waals surface area (Å²) in [6, 6.07) is 7.07. The van der Waals surface area contributed by atoms with Crippen LogP contribution in [0.3, 0.4) is 0 Å². The van der Waals surface area contributed by atoms with Gasteiger partial charge in [-0.15, -0.1) is 0 Å². The van der Waals surface area contributed by atoms with Gasteiger partial charge in [-0.05, 0) is 73.7 Å². The average molecular weight is 503 g/mol. The number of anilines is 1. The lowest BCUT2D eigenvalue weighted by atomic mass is 9.72. The number of rotatable bonds is 13. The third-order valence-corrected chi connectivity index (χ3v) is 6.73. The number of fused-ring (bicyclic) bond motifs is 1. The van der Waals surface area contributed by atoms with Crippen LogP contribution < -0.4 is 10.5 Å². The van der Waals surface area contributed by atoms with Crippen LogP contribution in [0.25, 0.3) is 11.0 Å². The fourth-order valence-corrected chi connectivity index (χ4v) is 4.35. The first-order valence-corrected chi connectivity index (χ1v) is 12.7. The molecule has 0 aliphatic carbocycles. The van der Waals surface area contributed by atoms with Crippen molar-refractivity contribution in [2.45, 2.75) is 61.0 Å². The number of hydrogen-bond acceptors (Lipinski definition) is 8. The number of benzene rings is 1. The lowest BCUT2D eigenvalue weighted by Crippen LogP contribution is -2.39. The van der Waals surface area contributed by atoms with Crippen LogP contribution in [-0.4, -0.2) is 57.2 Å². The first-order valence-electron chi connectivity index (χ1n) is 12.7. The van der Waals surface area contributed by atoms with Crippen LogP contribution in [-0.2, 0) is 25.7 Å². The van der Waals surface area contributed by atoms with Gasteiger partial charge in [-0.1, -0.05) is 6.92 Å². The molecule has 2 aromatic rings. The van der Waals surface area contributed by atoms with E-state index in [1.54, 1.807) is 20.8 Å². The van der Waals surface area contributed by atoms with Crippen molar-refractivity contribution in [3.63, 3.8) is 0 Å². The molecule has 1 aromatic carbocycles. The summed E-state index contributed by atoms with van der Waals surface area (Å²) in [6.45, 7) is 13.9. The van der Waals surface area contributed by atoms with Gasteiger partial charge in [0.05, 0.1) is 10.8 Å². The topological polar surface area (TPSA) is 89.3 Å². The van der Waals surface area contributed by atoms with E-state index in [1.807, 2.05) is 44.1 Å². The highest BCUT2D eigenvalue weighted by Gasteiger charge is 2.43. The van der Waals surface area contributed by atoms with E-state index in [0.717, 1.165) is 24.2 Å². The third kappa shape index (κ3) is 7.32. The van der Waals surface area contributed by atoms with Crippen molar-refractivity contribution < 1.29 is 23.5 Å². The summed E-state index contributed by atoms with van der Waals surface area (Å²) in [4.78, 5) is 42.3. The molecular weight excluding hydrogens is 460 g/mol. The summed E-state index contributed by atoms with van der Waals surface area (Å²) in [7, 11) is 3.82. The molecule has 0 aliphatic rings. The highest BCUT2D eigenvalue weighted by atomic mass is 16.5. The number of likely N-dealkylation sites (N-methyl/N-ethyl adjacent to an activating group) is 1. The van der Waals surface area contributed by atoms with E-state index in [-0.39, 0.29) is 19.0 Å². The van der Waals surface area contributed by atoms with Crippen LogP contribution in [0.15, 0.2) is 33.5 Å². The molecule has 1 atom stereocenters. The Balaban J connectivity index is 2.18. The number of esters is 2. The first-order chi connectivity index (χ1) is 16.9. The maximum atomic E-state index is 13.2. The molecule has 1 aromatic heterocycles. The lowest BCUT2D eigenvalue weighted by Gasteiger charge is -2.33. The Morgan fingerprint density at radius 2 is 1.64 bits per heavy atom. The molecule has 0 saturated carbocycles. The second kappa shape index (κ2) is 12.4. The van der Waals surface area contributed by atoms with Crippen molar-refractivity contribution in [1.29, 1.82) is 0 Å². The Labute approximate surface area is 214 Å². The number of carbonyl (C=O) groups is 2. The van der Waals surface area contributed by atoms with Gasteiger partial charge in [-0.3, -0.25) is 9.59 Å². The minimum Gasteiger partial charge on any atom is -0.464 e. The molecule has 0 spiro atoms. The molecular formula is C28H42N2O6.